The van der Waals surface area contributed by atoms with Gasteiger partial charge in [-0.25, -0.2) is 0 Å². The third-order valence-electron chi connectivity index (χ3n) is 2.05. The molecule has 5 nitrogen and oxygen atoms in total. The van der Waals surface area contributed by atoms with Crippen LogP contribution in [0.5, 0.6) is 0 Å². The van der Waals surface area contributed by atoms with Crippen molar-refractivity contribution in [1.29, 1.82) is 0 Å². The number of esters is 2. The molecule has 0 aliphatic rings. The van der Waals surface area contributed by atoms with E-state index in [0.29, 0.717) is 0 Å². The van der Waals surface area contributed by atoms with Crippen molar-refractivity contribution in [2.45, 2.75) is 56.4 Å². The van der Waals surface area contributed by atoms with Crippen molar-refractivity contribution in [3.8, 4) is 0 Å². The van der Waals surface area contributed by atoms with Crippen molar-refractivity contribution in [2.24, 2.45) is 5.73 Å². The van der Waals surface area contributed by atoms with E-state index in [1.54, 1.807) is 34.0 Å². The van der Waals surface area contributed by atoms with Crippen LogP contribution in [0.15, 0.2) is 0 Å². The van der Waals surface area contributed by atoms with Gasteiger partial charge in [-0.2, -0.15) is 0 Å². The van der Waals surface area contributed by atoms with Gasteiger partial charge < -0.3 is 15.2 Å². The van der Waals surface area contributed by atoms with Crippen molar-refractivity contribution in [3.05, 3.63) is 0 Å². The monoisotopic (exact) mass is 309 g/mol. The molecule has 0 aromatic heterocycles. The predicted octanol–water partition coefficient (Wildman–Crippen LogP) is 1.95. The van der Waals surface area contributed by atoms with Crippen LogP contribution in [-0.4, -0.2) is 34.1 Å². The second-order valence-electron chi connectivity index (χ2n) is 5.25. The maximum Gasteiger partial charge on any atom is 0.323 e. The summed E-state index contributed by atoms with van der Waals surface area (Å²) in [5, 5.41) is 0. The van der Waals surface area contributed by atoms with E-state index in [1.165, 1.54) is 11.8 Å². The predicted molar refractivity (Wildman–Crippen MR) is 80.1 cm³/mol. The summed E-state index contributed by atoms with van der Waals surface area (Å²) in [4.78, 5) is 23.1. The lowest BCUT2D eigenvalue weighted by Crippen LogP contribution is -2.38. The molecule has 0 radical (unpaired) electrons. The largest absolute Gasteiger partial charge is 0.459 e. The summed E-state index contributed by atoms with van der Waals surface area (Å²) in [5.41, 5.74) is 5.08. The minimum atomic E-state index is -0.868. The van der Waals surface area contributed by atoms with Crippen molar-refractivity contribution in [3.63, 3.8) is 0 Å². The van der Waals surface area contributed by atoms with Crippen molar-refractivity contribution in [2.75, 3.05) is 6.26 Å². The van der Waals surface area contributed by atoms with Gasteiger partial charge in [-0.15, -0.1) is 24.4 Å². The van der Waals surface area contributed by atoms with Crippen LogP contribution in [-0.2, 0) is 19.1 Å². The Morgan fingerprint density at radius 1 is 1.26 bits per heavy atom. The van der Waals surface area contributed by atoms with Crippen LogP contribution >= 0.6 is 24.4 Å². The number of hydrogen-bond donors (Lipinski definition) is 2. The molecule has 0 spiro atoms. The van der Waals surface area contributed by atoms with Gasteiger partial charge in [-0.1, -0.05) is 0 Å². The Labute approximate surface area is 124 Å². The lowest BCUT2D eigenvalue weighted by atomic mass is 10.1. The molecule has 0 aliphatic heterocycles. The van der Waals surface area contributed by atoms with Crippen molar-refractivity contribution >= 4 is 36.3 Å². The zero-order valence-corrected chi connectivity index (χ0v) is 13.8. The Bertz CT molecular complexity index is 326. The van der Waals surface area contributed by atoms with E-state index in [4.69, 9.17) is 15.2 Å². The molecular formula is C12H23NO4S2. The standard InChI is InChI=1S/C12H23NO4S2/c1-11(2,3)17-10(15)8(13)6-7-9(14)16-12(4,18)19-5/h8,18H,6-7,13H2,1-5H3. The molecule has 0 fully saturated rings. The Hall–Kier alpha value is -0.400. The van der Waals surface area contributed by atoms with E-state index in [-0.39, 0.29) is 12.8 Å². The molecule has 2 N–H and O–H groups in total. The fourth-order valence-electron chi connectivity index (χ4n) is 1.07. The highest BCUT2D eigenvalue weighted by atomic mass is 32.2. The number of thioether (sulfide) groups is 1. The number of carbonyl (C=O) groups is 2. The zero-order chi connectivity index (χ0) is 15.3. The Kier molecular flexibility index (Phi) is 7.24. The molecule has 0 aromatic carbocycles. The molecule has 0 amide bonds. The molecule has 0 saturated heterocycles. The lowest BCUT2D eigenvalue weighted by molar-refractivity contribution is -0.156. The fourth-order valence-corrected chi connectivity index (χ4v) is 1.35. The van der Waals surface area contributed by atoms with E-state index in [0.717, 1.165) is 0 Å². The summed E-state index contributed by atoms with van der Waals surface area (Å²) in [6, 6.07) is -0.827. The number of rotatable bonds is 6. The minimum Gasteiger partial charge on any atom is -0.459 e. The van der Waals surface area contributed by atoms with Gasteiger partial charge in [0.2, 0.25) is 0 Å². The summed E-state index contributed by atoms with van der Waals surface area (Å²) >= 11 is 5.47. The van der Waals surface area contributed by atoms with Crippen molar-refractivity contribution < 1.29 is 19.1 Å². The van der Waals surface area contributed by atoms with E-state index < -0.39 is 27.8 Å². The molecule has 0 aliphatic carbocycles. The van der Waals surface area contributed by atoms with Crippen LogP contribution in [0.1, 0.15) is 40.5 Å². The van der Waals surface area contributed by atoms with Gasteiger partial charge in [0.05, 0.1) is 0 Å². The summed E-state index contributed by atoms with van der Waals surface area (Å²) < 4.78 is 9.35. The molecule has 0 aromatic rings. The van der Waals surface area contributed by atoms with Gasteiger partial charge in [0.25, 0.3) is 0 Å². The first-order chi connectivity index (χ1) is 8.47. The van der Waals surface area contributed by atoms with Gasteiger partial charge in [0.1, 0.15) is 11.6 Å². The average Bonchev–Trinajstić information content (AvgIpc) is 2.23. The highest BCUT2D eigenvalue weighted by molar-refractivity contribution is 8.10. The maximum atomic E-state index is 11.6. The minimum absolute atomic E-state index is 0.0527. The van der Waals surface area contributed by atoms with Crippen LogP contribution in [0.25, 0.3) is 0 Å². The fraction of sp³-hybridized carbons (Fsp3) is 0.833. The van der Waals surface area contributed by atoms with Gasteiger partial charge in [0, 0.05) is 6.42 Å². The van der Waals surface area contributed by atoms with Crippen molar-refractivity contribution in [1.82, 2.24) is 0 Å². The van der Waals surface area contributed by atoms with Crippen LogP contribution < -0.4 is 5.73 Å². The molecule has 0 heterocycles. The number of hydrogen-bond acceptors (Lipinski definition) is 7. The highest BCUT2D eigenvalue weighted by Gasteiger charge is 2.25. The summed E-state index contributed by atoms with van der Waals surface area (Å²) in [6.45, 7) is 6.95. The second kappa shape index (κ2) is 7.40. The Morgan fingerprint density at radius 3 is 2.21 bits per heavy atom. The van der Waals surface area contributed by atoms with Gasteiger partial charge in [-0.05, 0) is 40.4 Å². The SMILES string of the molecule is CSC(C)(S)OC(=O)CCC(N)C(=O)OC(C)(C)C. The molecular weight excluding hydrogens is 286 g/mol. The molecule has 0 saturated carbocycles. The van der Waals surface area contributed by atoms with E-state index in [9.17, 15) is 9.59 Å². The average molecular weight is 309 g/mol. The van der Waals surface area contributed by atoms with E-state index >= 15 is 0 Å². The Morgan fingerprint density at radius 2 is 1.79 bits per heavy atom. The molecule has 2 atom stereocenters. The first kappa shape index (κ1) is 18.6. The molecule has 0 bridgehead atoms. The third-order valence-corrected chi connectivity index (χ3v) is 3.53. The van der Waals surface area contributed by atoms with Gasteiger partial charge >= 0.3 is 11.9 Å². The highest BCUT2D eigenvalue weighted by Crippen LogP contribution is 2.28. The molecule has 7 heteroatoms. The first-order valence-corrected chi connectivity index (χ1v) is 7.62. The number of thiol groups is 1. The molecule has 2 unspecified atom stereocenters. The van der Waals surface area contributed by atoms with Crippen LogP contribution in [0, 0.1) is 0 Å². The Balaban J connectivity index is 4.13. The number of ether oxygens (including phenoxy) is 2. The van der Waals surface area contributed by atoms with E-state index in [2.05, 4.69) is 12.6 Å². The second-order valence-corrected chi connectivity index (χ2v) is 7.60. The van der Waals surface area contributed by atoms with Gasteiger partial charge in [0.15, 0.2) is 4.27 Å². The molecule has 112 valence electrons. The normalized spacial score (nSPS) is 16.4. The lowest BCUT2D eigenvalue weighted by Gasteiger charge is -2.23. The number of nitrogens with two attached hydrogens (primary N) is 1. The topological polar surface area (TPSA) is 78.6 Å². The van der Waals surface area contributed by atoms with Crippen LogP contribution in [0.4, 0.5) is 0 Å². The smallest absolute Gasteiger partial charge is 0.323 e. The molecule has 0 rings (SSSR count). The zero-order valence-electron chi connectivity index (χ0n) is 12.1. The summed E-state index contributed by atoms with van der Waals surface area (Å²) in [6.07, 6.45) is 2.02. The number of carbonyl (C=O) groups excluding carboxylic acids is 2. The van der Waals surface area contributed by atoms with Gasteiger partial charge in [-0.3, -0.25) is 9.59 Å². The molecule has 19 heavy (non-hydrogen) atoms. The quantitative estimate of drug-likeness (QED) is 0.443. The van der Waals surface area contributed by atoms with E-state index in [1.807, 2.05) is 0 Å². The first-order valence-electron chi connectivity index (χ1n) is 5.94. The third kappa shape index (κ3) is 9.18. The summed E-state index contributed by atoms with van der Waals surface area (Å²) in [7, 11) is 0. The summed E-state index contributed by atoms with van der Waals surface area (Å²) in [5.74, 6) is -0.954. The maximum absolute atomic E-state index is 11.6. The van der Waals surface area contributed by atoms with Crippen LogP contribution in [0.2, 0.25) is 0 Å². The van der Waals surface area contributed by atoms with Crippen LogP contribution in [0.3, 0.4) is 0 Å².